The van der Waals surface area contributed by atoms with Crippen LogP contribution in [0.5, 0.6) is 0 Å². The number of aliphatic carboxylic acids is 1. The van der Waals surface area contributed by atoms with Gasteiger partial charge in [-0.25, -0.2) is 5.84 Å². The summed E-state index contributed by atoms with van der Waals surface area (Å²) in [7, 11) is 2.01. The molecule has 5 nitrogen and oxygen atoms in total. The maximum atomic E-state index is 11.6. The first kappa shape index (κ1) is 13.4. The van der Waals surface area contributed by atoms with Crippen LogP contribution >= 0.6 is 0 Å². The van der Waals surface area contributed by atoms with E-state index in [1.54, 1.807) is 5.01 Å². The number of rotatable bonds is 2. The van der Waals surface area contributed by atoms with Crippen molar-refractivity contribution in [3.8, 4) is 0 Å². The average molecular weight is 275 g/mol. The van der Waals surface area contributed by atoms with Crippen LogP contribution in [0.15, 0.2) is 24.3 Å². The maximum absolute atomic E-state index is 11.6. The van der Waals surface area contributed by atoms with Gasteiger partial charge >= 0.3 is 5.97 Å². The van der Waals surface area contributed by atoms with Crippen LogP contribution in [0.1, 0.15) is 18.4 Å². The molecule has 3 unspecified atom stereocenters. The van der Waals surface area contributed by atoms with E-state index in [2.05, 4.69) is 11.0 Å². The number of fused-ring (bicyclic) bond motifs is 1. The molecule has 3 N–H and O–H groups in total. The number of benzene rings is 1. The molecule has 0 spiro atoms. The van der Waals surface area contributed by atoms with Crippen molar-refractivity contribution in [3.05, 3.63) is 29.8 Å². The number of piperidine rings is 1. The van der Waals surface area contributed by atoms with Crippen molar-refractivity contribution < 1.29 is 9.90 Å². The number of anilines is 1. The normalized spacial score (nSPS) is 30.3. The number of carboxylic acids is 1. The van der Waals surface area contributed by atoms with Crippen LogP contribution in [0.25, 0.3) is 0 Å². The minimum absolute atomic E-state index is 0.0290. The van der Waals surface area contributed by atoms with E-state index in [1.807, 2.05) is 25.2 Å². The standard InChI is InChI=1S/C15H21N3O2/c1-17-8-4-6-11(15(19)20)14(17)13-9-10-5-2-3-7-12(10)18(13)16/h2-3,5,7,11,13-14H,4,6,8-9,16H2,1H3,(H,19,20). The number of nitrogens with zero attached hydrogens (tertiary/aromatic N) is 2. The lowest BCUT2D eigenvalue weighted by Crippen LogP contribution is -2.58. The van der Waals surface area contributed by atoms with Crippen LogP contribution in [0, 0.1) is 5.92 Å². The van der Waals surface area contributed by atoms with Gasteiger partial charge in [0.2, 0.25) is 0 Å². The first-order valence-electron chi connectivity index (χ1n) is 7.14. The fourth-order valence-electron chi connectivity index (χ4n) is 3.74. The predicted octanol–water partition coefficient (Wildman–Crippen LogP) is 1.09. The van der Waals surface area contributed by atoms with E-state index in [0.717, 1.165) is 31.5 Å². The highest BCUT2D eigenvalue weighted by atomic mass is 16.4. The number of hydrazine groups is 1. The summed E-state index contributed by atoms with van der Waals surface area (Å²) < 4.78 is 0. The van der Waals surface area contributed by atoms with Gasteiger partial charge in [0.1, 0.15) is 0 Å². The number of para-hydroxylation sites is 1. The van der Waals surface area contributed by atoms with Crippen LogP contribution < -0.4 is 10.9 Å². The van der Waals surface area contributed by atoms with E-state index in [9.17, 15) is 9.90 Å². The molecule has 2 heterocycles. The molecule has 1 fully saturated rings. The van der Waals surface area contributed by atoms with Gasteiger partial charge in [0.05, 0.1) is 17.6 Å². The molecule has 1 saturated heterocycles. The minimum Gasteiger partial charge on any atom is -0.481 e. The van der Waals surface area contributed by atoms with Crippen molar-refractivity contribution in [1.29, 1.82) is 0 Å². The number of likely N-dealkylation sites (tertiary alicyclic amines) is 1. The molecule has 1 aromatic carbocycles. The molecule has 1 aromatic rings. The molecule has 3 atom stereocenters. The van der Waals surface area contributed by atoms with Gasteiger partial charge in [0.15, 0.2) is 0 Å². The van der Waals surface area contributed by atoms with Crippen LogP contribution in [0.4, 0.5) is 5.69 Å². The van der Waals surface area contributed by atoms with Crippen molar-refractivity contribution in [2.75, 3.05) is 18.6 Å². The van der Waals surface area contributed by atoms with Crippen LogP contribution in [-0.4, -0.2) is 41.7 Å². The monoisotopic (exact) mass is 275 g/mol. The van der Waals surface area contributed by atoms with Crippen LogP contribution in [0.3, 0.4) is 0 Å². The Kier molecular flexibility index (Phi) is 3.40. The Morgan fingerprint density at radius 3 is 2.85 bits per heavy atom. The van der Waals surface area contributed by atoms with E-state index in [-0.39, 0.29) is 18.0 Å². The summed E-state index contributed by atoms with van der Waals surface area (Å²) >= 11 is 0. The number of carbonyl (C=O) groups is 1. The Labute approximate surface area is 118 Å². The summed E-state index contributed by atoms with van der Waals surface area (Å²) in [5.41, 5.74) is 2.24. The second kappa shape index (κ2) is 5.07. The van der Waals surface area contributed by atoms with E-state index in [0.29, 0.717) is 0 Å². The lowest BCUT2D eigenvalue weighted by Gasteiger charge is -2.42. The van der Waals surface area contributed by atoms with E-state index < -0.39 is 5.97 Å². The quantitative estimate of drug-likeness (QED) is 0.791. The average Bonchev–Trinajstić information content (AvgIpc) is 2.76. The second-order valence-corrected chi connectivity index (χ2v) is 5.87. The molecule has 20 heavy (non-hydrogen) atoms. The van der Waals surface area contributed by atoms with Gasteiger partial charge in [-0.3, -0.25) is 4.79 Å². The Hall–Kier alpha value is -1.59. The molecule has 0 aliphatic carbocycles. The van der Waals surface area contributed by atoms with Gasteiger partial charge in [-0.15, -0.1) is 0 Å². The van der Waals surface area contributed by atoms with Gasteiger partial charge < -0.3 is 15.0 Å². The summed E-state index contributed by atoms with van der Waals surface area (Å²) in [5.74, 6) is 5.22. The third kappa shape index (κ3) is 2.07. The molecule has 0 saturated carbocycles. The van der Waals surface area contributed by atoms with Crippen molar-refractivity contribution in [3.63, 3.8) is 0 Å². The fraction of sp³-hybridized carbons (Fsp3) is 0.533. The number of likely N-dealkylation sites (N-methyl/N-ethyl adjacent to an activating group) is 1. The smallest absolute Gasteiger partial charge is 0.308 e. The van der Waals surface area contributed by atoms with E-state index in [4.69, 9.17) is 5.84 Å². The van der Waals surface area contributed by atoms with Gasteiger partial charge in [-0.1, -0.05) is 18.2 Å². The third-order valence-corrected chi connectivity index (χ3v) is 4.71. The number of carboxylic acid groups (broad SMARTS) is 1. The second-order valence-electron chi connectivity index (χ2n) is 5.87. The first-order chi connectivity index (χ1) is 9.59. The minimum atomic E-state index is -0.703. The lowest BCUT2D eigenvalue weighted by atomic mass is 9.84. The molecule has 5 heteroatoms. The summed E-state index contributed by atoms with van der Waals surface area (Å²) in [4.78, 5) is 13.7. The van der Waals surface area contributed by atoms with Crippen molar-refractivity contribution in [1.82, 2.24) is 4.90 Å². The van der Waals surface area contributed by atoms with E-state index >= 15 is 0 Å². The molecular weight excluding hydrogens is 254 g/mol. The van der Waals surface area contributed by atoms with Gasteiger partial charge in [0, 0.05) is 6.04 Å². The Bertz CT molecular complexity index is 520. The zero-order valence-electron chi connectivity index (χ0n) is 11.7. The Morgan fingerprint density at radius 2 is 2.15 bits per heavy atom. The number of hydrogen-bond acceptors (Lipinski definition) is 4. The Morgan fingerprint density at radius 1 is 1.40 bits per heavy atom. The number of hydrogen-bond donors (Lipinski definition) is 2. The van der Waals surface area contributed by atoms with Crippen molar-refractivity contribution in [2.24, 2.45) is 11.8 Å². The molecule has 108 valence electrons. The molecule has 2 aliphatic heterocycles. The first-order valence-corrected chi connectivity index (χ1v) is 7.14. The maximum Gasteiger partial charge on any atom is 0.308 e. The molecule has 0 bridgehead atoms. The van der Waals surface area contributed by atoms with Crippen molar-refractivity contribution >= 4 is 11.7 Å². The largest absolute Gasteiger partial charge is 0.481 e. The third-order valence-electron chi connectivity index (χ3n) is 4.71. The zero-order chi connectivity index (χ0) is 14.3. The van der Waals surface area contributed by atoms with Crippen LogP contribution in [0.2, 0.25) is 0 Å². The highest BCUT2D eigenvalue weighted by molar-refractivity contribution is 5.72. The lowest BCUT2D eigenvalue weighted by molar-refractivity contribution is -0.146. The number of nitrogens with two attached hydrogens (primary N) is 1. The topological polar surface area (TPSA) is 69.8 Å². The predicted molar refractivity (Wildman–Crippen MR) is 77.4 cm³/mol. The van der Waals surface area contributed by atoms with Gasteiger partial charge in [-0.2, -0.15) is 0 Å². The summed E-state index contributed by atoms with van der Waals surface area (Å²) in [6, 6.07) is 8.08. The molecular formula is C15H21N3O2. The Balaban J connectivity index is 1.90. The highest BCUT2D eigenvalue weighted by Gasteiger charge is 2.44. The molecule has 0 aromatic heterocycles. The summed E-state index contributed by atoms with van der Waals surface area (Å²) in [6.07, 6.45) is 2.50. The summed E-state index contributed by atoms with van der Waals surface area (Å²) in [5, 5.41) is 11.3. The fourth-order valence-corrected chi connectivity index (χ4v) is 3.74. The molecule has 0 radical (unpaired) electrons. The van der Waals surface area contributed by atoms with E-state index in [1.165, 1.54) is 5.56 Å². The van der Waals surface area contributed by atoms with Gasteiger partial charge in [-0.05, 0) is 44.5 Å². The molecule has 0 amide bonds. The zero-order valence-corrected chi connectivity index (χ0v) is 11.7. The summed E-state index contributed by atoms with van der Waals surface area (Å²) in [6.45, 7) is 0.940. The van der Waals surface area contributed by atoms with Crippen molar-refractivity contribution in [2.45, 2.75) is 31.3 Å². The molecule has 3 rings (SSSR count). The SMILES string of the molecule is CN1CCCC(C(=O)O)C1C1Cc2ccccc2N1N. The van der Waals surface area contributed by atoms with Gasteiger partial charge in [0.25, 0.3) is 0 Å². The molecule has 2 aliphatic rings. The van der Waals surface area contributed by atoms with Crippen LogP contribution in [-0.2, 0) is 11.2 Å². The highest BCUT2D eigenvalue weighted by Crippen LogP contribution is 2.36.